The quantitative estimate of drug-likeness (QED) is 0.223. The van der Waals surface area contributed by atoms with Gasteiger partial charge in [-0.1, -0.05) is 60.8 Å². The second-order valence-corrected chi connectivity index (χ2v) is 9.29. The number of carboxylic acid groups (broad SMARTS) is 1. The van der Waals surface area contributed by atoms with E-state index in [1.807, 2.05) is 24.3 Å². The Balaban J connectivity index is 1.38. The standard InChI is InChI=1S/C27H26ClN3O4/c28-20-9-12-23(22(29)15-20)31-26(35)30-21-10-7-18(8-11-21)17-3-5-19(6-4-17)24(32)16-27(25(33)34)13-1-2-14-27/h3-12,15H,1-2,13-14,16,29H2,(H,33,34)(H2,30,31,35). The number of nitrogens with two attached hydrogens (primary N) is 1. The largest absolute Gasteiger partial charge is 0.481 e. The summed E-state index contributed by atoms with van der Waals surface area (Å²) < 4.78 is 0. The normalized spacial score (nSPS) is 14.3. The highest BCUT2D eigenvalue weighted by molar-refractivity contribution is 6.31. The van der Waals surface area contributed by atoms with E-state index in [9.17, 15) is 19.5 Å². The minimum absolute atomic E-state index is 0.0335. The third-order valence-corrected chi connectivity index (χ3v) is 6.69. The number of anilines is 3. The molecule has 0 aliphatic heterocycles. The molecule has 180 valence electrons. The van der Waals surface area contributed by atoms with Gasteiger partial charge in [0.15, 0.2) is 5.78 Å². The second kappa shape index (κ2) is 10.2. The maximum Gasteiger partial charge on any atom is 0.323 e. The van der Waals surface area contributed by atoms with Crippen molar-refractivity contribution in [1.82, 2.24) is 0 Å². The number of halogens is 1. The zero-order chi connectivity index (χ0) is 25.0. The molecule has 1 aliphatic carbocycles. The molecule has 4 rings (SSSR count). The second-order valence-electron chi connectivity index (χ2n) is 8.86. The molecule has 5 N–H and O–H groups in total. The van der Waals surface area contributed by atoms with Gasteiger partial charge >= 0.3 is 12.0 Å². The SMILES string of the molecule is Nc1cc(Cl)ccc1NC(=O)Nc1ccc(-c2ccc(C(=O)CC3(C(=O)O)CCCC3)cc2)cc1. The summed E-state index contributed by atoms with van der Waals surface area (Å²) >= 11 is 5.88. The Morgan fingerprint density at radius 3 is 2.06 bits per heavy atom. The first-order chi connectivity index (χ1) is 16.8. The van der Waals surface area contributed by atoms with E-state index < -0.39 is 17.4 Å². The zero-order valence-corrected chi connectivity index (χ0v) is 19.8. The van der Waals surface area contributed by atoms with E-state index in [1.165, 1.54) is 0 Å². The van der Waals surface area contributed by atoms with E-state index in [0.29, 0.717) is 40.5 Å². The Kier molecular flexibility index (Phi) is 7.07. The van der Waals surface area contributed by atoms with Gasteiger partial charge in [0, 0.05) is 22.7 Å². The van der Waals surface area contributed by atoms with E-state index in [0.717, 1.165) is 24.0 Å². The molecule has 0 unspecified atom stereocenters. The van der Waals surface area contributed by atoms with Crippen molar-refractivity contribution in [3.8, 4) is 11.1 Å². The number of hydrogen-bond donors (Lipinski definition) is 4. The molecule has 3 aromatic carbocycles. The van der Waals surface area contributed by atoms with Gasteiger partial charge in [-0.25, -0.2) is 4.79 Å². The number of Topliss-reactive ketones (excluding diaryl/α,β-unsaturated/α-hetero) is 1. The summed E-state index contributed by atoms with van der Waals surface area (Å²) in [4.78, 5) is 36.8. The van der Waals surface area contributed by atoms with Gasteiger partial charge in [0.2, 0.25) is 0 Å². The summed E-state index contributed by atoms with van der Waals surface area (Å²) in [5.41, 5.74) is 8.69. The van der Waals surface area contributed by atoms with Crippen molar-refractivity contribution in [1.29, 1.82) is 0 Å². The van der Waals surface area contributed by atoms with Gasteiger partial charge in [0.05, 0.1) is 16.8 Å². The van der Waals surface area contributed by atoms with Gasteiger partial charge in [0.25, 0.3) is 0 Å². The lowest BCUT2D eigenvalue weighted by Gasteiger charge is -2.22. The molecule has 0 atom stereocenters. The molecular formula is C27H26ClN3O4. The van der Waals surface area contributed by atoms with Crippen LogP contribution in [0.1, 0.15) is 42.5 Å². The van der Waals surface area contributed by atoms with Gasteiger partial charge in [0.1, 0.15) is 0 Å². The first kappa shape index (κ1) is 24.3. The summed E-state index contributed by atoms with van der Waals surface area (Å²) in [5.74, 6) is -1.02. The lowest BCUT2D eigenvalue weighted by atomic mass is 9.80. The molecule has 35 heavy (non-hydrogen) atoms. The first-order valence-electron chi connectivity index (χ1n) is 11.4. The Bertz CT molecular complexity index is 1250. The third-order valence-electron chi connectivity index (χ3n) is 6.46. The van der Waals surface area contributed by atoms with Crippen molar-refractivity contribution < 1.29 is 19.5 Å². The monoisotopic (exact) mass is 491 g/mol. The minimum atomic E-state index is -0.926. The van der Waals surface area contributed by atoms with E-state index in [2.05, 4.69) is 10.6 Å². The highest BCUT2D eigenvalue weighted by atomic mass is 35.5. The smallest absolute Gasteiger partial charge is 0.323 e. The topological polar surface area (TPSA) is 122 Å². The lowest BCUT2D eigenvalue weighted by molar-refractivity contribution is -0.148. The number of urea groups is 1. The van der Waals surface area contributed by atoms with Crippen LogP contribution in [0.2, 0.25) is 5.02 Å². The van der Waals surface area contributed by atoms with Crippen LogP contribution in [0.3, 0.4) is 0 Å². The zero-order valence-electron chi connectivity index (χ0n) is 19.0. The molecule has 0 aromatic heterocycles. The van der Waals surface area contributed by atoms with Gasteiger partial charge in [-0.05, 0) is 54.3 Å². The molecule has 1 fully saturated rings. The number of carbonyl (C=O) groups is 3. The summed E-state index contributed by atoms with van der Waals surface area (Å²) in [7, 11) is 0. The molecule has 3 aromatic rings. The van der Waals surface area contributed by atoms with E-state index >= 15 is 0 Å². The molecule has 0 radical (unpaired) electrons. The summed E-state index contributed by atoms with van der Waals surface area (Å²) in [5, 5.41) is 15.6. The average molecular weight is 492 g/mol. The van der Waals surface area contributed by atoms with Crippen LogP contribution in [-0.4, -0.2) is 22.9 Å². The number of nitrogen functional groups attached to an aromatic ring is 1. The molecule has 0 bridgehead atoms. The van der Waals surface area contributed by atoms with Crippen molar-refractivity contribution in [2.45, 2.75) is 32.1 Å². The Hall–Kier alpha value is -3.84. The highest BCUT2D eigenvalue weighted by Gasteiger charge is 2.42. The van der Waals surface area contributed by atoms with Gasteiger partial charge in [-0.3, -0.25) is 9.59 Å². The molecule has 7 nitrogen and oxygen atoms in total. The molecule has 1 saturated carbocycles. The summed E-state index contributed by atoms with van der Waals surface area (Å²) in [6.07, 6.45) is 2.83. The maximum atomic E-state index is 12.8. The average Bonchev–Trinajstić information content (AvgIpc) is 3.31. The van der Waals surface area contributed by atoms with Crippen LogP contribution in [0, 0.1) is 5.41 Å². The number of rotatable bonds is 7. The first-order valence-corrected chi connectivity index (χ1v) is 11.7. The molecule has 0 heterocycles. The summed E-state index contributed by atoms with van der Waals surface area (Å²) in [6, 6.07) is 18.8. The number of amides is 2. The number of aliphatic carboxylic acids is 1. The predicted molar refractivity (Wildman–Crippen MR) is 138 cm³/mol. The van der Waals surface area contributed by atoms with Crippen molar-refractivity contribution in [3.05, 3.63) is 77.3 Å². The van der Waals surface area contributed by atoms with Crippen LogP contribution >= 0.6 is 11.6 Å². The van der Waals surface area contributed by atoms with Crippen LogP contribution in [0.5, 0.6) is 0 Å². The molecule has 1 aliphatic rings. The Morgan fingerprint density at radius 1 is 0.886 bits per heavy atom. The molecular weight excluding hydrogens is 466 g/mol. The number of benzene rings is 3. The lowest BCUT2D eigenvalue weighted by Crippen LogP contribution is -2.30. The van der Waals surface area contributed by atoms with Crippen molar-refractivity contribution in [2.24, 2.45) is 5.41 Å². The fourth-order valence-electron chi connectivity index (χ4n) is 4.45. The van der Waals surface area contributed by atoms with Gasteiger partial charge in [-0.15, -0.1) is 0 Å². The van der Waals surface area contributed by atoms with Crippen LogP contribution in [0.15, 0.2) is 66.7 Å². The van der Waals surface area contributed by atoms with Crippen molar-refractivity contribution in [3.63, 3.8) is 0 Å². The van der Waals surface area contributed by atoms with Gasteiger partial charge < -0.3 is 21.5 Å². The van der Waals surface area contributed by atoms with E-state index in [-0.39, 0.29) is 12.2 Å². The molecule has 0 saturated heterocycles. The van der Waals surface area contributed by atoms with Gasteiger partial charge in [-0.2, -0.15) is 0 Å². The number of nitrogens with one attached hydrogen (secondary N) is 2. The minimum Gasteiger partial charge on any atom is -0.481 e. The Labute approximate surface area is 208 Å². The maximum absolute atomic E-state index is 12.8. The number of carboxylic acids is 1. The third kappa shape index (κ3) is 5.63. The molecule has 8 heteroatoms. The van der Waals surface area contributed by atoms with Crippen LogP contribution < -0.4 is 16.4 Å². The van der Waals surface area contributed by atoms with Crippen LogP contribution in [0.4, 0.5) is 21.9 Å². The number of hydrogen-bond acceptors (Lipinski definition) is 4. The Morgan fingerprint density at radius 2 is 1.49 bits per heavy atom. The predicted octanol–water partition coefficient (Wildman–Crippen LogP) is 6.45. The number of ketones is 1. The van der Waals surface area contributed by atoms with Crippen LogP contribution in [-0.2, 0) is 4.79 Å². The fraction of sp³-hybridized carbons (Fsp3) is 0.222. The van der Waals surface area contributed by atoms with Crippen molar-refractivity contribution >= 4 is 46.4 Å². The molecule has 2 amide bonds. The summed E-state index contributed by atoms with van der Waals surface area (Å²) in [6.45, 7) is 0. The molecule has 0 spiro atoms. The fourth-order valence-corrected chi connectivity index (χ4v) is 4.63. The highest BCUT2D eigenvalue weighted by Crippen LogP contribution is 2.42. The van der Waals surface area contributed by atoms with E-state index in [4.69, 9.17) is 17.3 Å². The van der Waals surface area contributed by atoms with Crippen LogP contribution in [0.25, 0.3) is 11.1 Å². The van der Waals surface area contributed by atoms with E-state index in [1.54, 1.807) is 42.5 Å². The van der Waals surface area contributed by atoms with Crippen molar-refractivity contribution in [2.75, 3.05) is 16.4 Å². The number of carbonyl (C=O) groups excluding carboxylic acids is 2.